The highest BCUT2D eigenvalue weighted by atomic mass is 16.3. The van der Waals surface area contributed by atoms with Crippen molar-refractivity contribution in [2.24, 2.45) is 0 Å². The molecule has 7 heteroatoms. The van der Waals surface area contributed by atoms with E-state index in [0.717, 1.165) is 51.8 Å². The Morgan fingerprint density at radius 3 is 2.44 bits per heavy atom. The molecule has 0 amide bonds. The molecule has 1 aliphatic rings. The summed E-state index contributed by atoms with van der Waals surface area (Å²) in [4.78, 5) is 33.9. The molecule has 0 saturated carbocycles. The van der Waals surface area contributed by atoms with E-state index in [9.17, 15) is 14.7 Å². The summed E-state index contributed by atoms with van der Waals surface area (Å²) in [7, 11) is 1.93. The average molecular weight is 431 g/mol. The molecule has 1 atom stereocenters. The van der Waals surface area contributed by atoms with Crippen LogP contribution < -0.4 is 11.2 Å². The van der Waals surface area contributed by atoms with E-state index in [4.69, 9.17) is 0 Å². The maximum absolute atomic E-state index is 13.1. The number of aromatic nitrogens is 3. The molecular formula is C25H26N4O3. The van der Waals surface area contributed by atoms with Gasteiger partial charge >= 0.3 is 5.69 Å². The predicted octanol–water partition coefficient (Wildman–Crippen LogP) is 3.22. The van der Waals surface area contributed by atoms with Gasteiger partial charge in [0.25, 0.3) is 5.56 Å². The Labute approximate surface area is 185 Å². The van der Waals surface area contributed by atoms with Crippen molar-refractivity contribution in [2.75, 3.05) is 13.6 Å². The standard InChI is InChI=1S/C25H26N4O3/c1-13-11-14(2)21(15(3)12-13)29-24(31)19(23(30)27-25(29)32)22-20-17(9-10-28(22)4)16-7-5-6-8-18(16)26-20/h5-8,11-12,22,26,31H,9-10H2,1-4H3,(H,27,30,32)/t22-/m0/s1. The van der Waals surface area contributed by atoms with Crippen LogP contribution in [0, 0.1) is 20.8 Å². The number of aromatic amines is 2. The zero-order chi connectivity index (χ0) is 22.7. The van der Waals surface area contributed by atoms with Gasteiger partial charge in [-0.3, -0.25) is 14.7 Å². The summed E-state index contributed by atoms with van der Waals surface area (Å²) < 4.78 is 1.23. The molecular weight excluding hydrogens is 404 g/mol. The second kappa shape index (κ2) is 7.24. The Morgan fingerprint density at radius 2 is 1.72 bits per heavy atom. The first kappa shape index (κ1) is 20.3. The van der Waals surface area contributed by atoms with Crippen molar-refractivity contribution in [1.29, 1.82) is 0 Å². The van der Waals surface area contributed by atoms with E-state index >= 15 is 0 Å². The van der Waals surface area contributed by atoms with Crippen molar-refractivity contribution in [2.45, 2.75) is 33.2 Å². The molecule has 164 valence electrons. The van der Waals surface area contributed by atoms with E-state index in [0.29, 0.717) is 5.69 Å². The number of benzene rings is 2. The minimum absolute atomic E-state index is 0.166. The molecule has 32 heavy (non-hydrogen) atoms. The fourth-order valence-electron chi connectivity index (χ4n) is 5.24. The Balaban J connectivity index is 1.81. The molecule has 0 unspecified atom stereocenters. The summed E-state index contributed by atoms with van der Waals surface area (Å²) in [6, 6.07) is 11.5. The van der Waals surface area contributed by atoms with Gasteiger partial charge in [0.1, 0.15) is 5.56 Å². The number of aryl methyl sites for hydroxylation is 3. The van der Waals surface area contributed by atoms with Crippen molar-refractivity contribution in [1.82, 2.24) is 19.4 Å². The van der Waals surface area contributed by atoms with Crippen molar-refractivity contribution in [3.05, 3.63) is 90.7 Å². The fourth-order valence-corrected chi connectivity index (χ4v) is 5.24. The van der Waals surface area contributed by atoms with Gasteiger partial charge in [0.15, 0.2) is 0 Å². The van der Waals surface area contributed by atoms with Crippen LogP contribution in [0.3, 0.4) is 0 Å². The van der Waals surface area contributed by atoms with Crippen LogP contribution in [0.25, 0.3) is 16.6 Å². The van der Waals surface area contributed by atoms with Crippen molar-refractivity contribution in [3.8, 4) is 11.6 Å². The van der Waals surface area contributed by atoms with Crippen molar-refractivity contribution >= 4 is 10.9 Å². The number of rotatable bonds is 2. The summed E-state index contributed by atoms with van der Waals surface area (Å²) >= 11 is 0. The van der Waals surface area contributed by atoms with Crippen LogP contribution in [-0.2, 0) is 6.42 Å². The van der Waals surface area contributed by atoms with E-state index < -0.39 is 17.3 Å². The smallest absolute Gasteiger partial charge is 0.335 e. The third-order valence-electron chi connectivity index (χ3n) is 6.53. The fraction of sp³-hybridized carbons (Fsp3) is 0.280. The zero-order valence-corrected chi connectivity index (χ0v) is 18.6. The Bertz CT molecular complexity index is 1470. The summed E-state index contributed by atoms with van der Waals surface area (Å²) in [5, 5.41) is 12.5. The number of hydrogen-bond acceptors (Lipinski definition) is 4. The first-order valence-electron chi connectivity index (χ1n) is 10.7. The van der Waals surface area contributed by atoms with E-state index in [1.165, 1.54) is 4.57 Å². The maximum Gasteiger partial charge on any atom is 0.335 e. The van der Waals surface area contributed by atoms with Crippen LogP contribution >= 0.6 is 0 Å². The molecule has 0 fully saturated rings. The van der Waals surface area contributed by atoms with Crippen molar-refractivity contribution in [3.63, 3.8) is 0 Å². The molecule has 2 aromatic heterocycles. The molecule has 0 bridgehead atoms. The monoisotopic (exact) mass is 430 g/mol. The van der Waals surface area contributed by atoms with Crippen molar-refractivity contribution < 1.29 is 5.11 Å². The number of fused-ring (bicyclic) bond motifs is 3. The minimum Gasteiger partial charge on any atom is -0.494 e. The number of nitrogens with one attached hydrogen (secondary N) is 2. The Morgan fingerprint density at radius 1 is 1.03 bits per heavy atom. The van der Waals surface area contributed by atoms with Gasteiger partial charge in [-0.1, -0.05) is 35.9 Å². The Hall–Kier alpha value is -3.58. The molecule has 7 nitrogen and oxygen atoms in total. The summed E-state index contributed by atoms with van der Waals surface area (Å²) in [6.07, 6.45) is 0.834. The lowest BCUT2D eigenvalue weighted by Gasteiger charge is -2.33. The lowest BCUT2D eigenvalue weighted by atomic mass is 9.93. The van der Waals surface area contributed by atoms with Gasteiger partial charge in [0.05, 0.1) is 11.7 Å². The molecule has 3 N–H and O–H groups in total. The van der Waals surface area contributed by atoms with Gasteiger partial charge < -0.3 is 10.1 Å². The Kier molecular flexibility index (Phi) is 4.60. The second-order valence-corrected chi connectivity index (χ2v) is 8.78. The number of para-hydroxylation sites is 1. The quantitative estimate of drug-likeness (QED) is 0.455. The number of aromatic hydroxyl groups is 1. The zero-order valence-electron chi connectivity index (χ0n) is 18.6. The summed E-state index contributed by atoms with van der Waals surface area (Å²) in [5.74, 6) is -0.322. The third kappa shape index (κ3) is 2.92. The number of nitrogens with zero attached hydrogens (tertiary/aromatic N) is 2. The molecule has 0 saturated heterocycles. The van der Waals surface area contributed by atoms with Gasteiger partial charge in [-0.2, -0.15) is 0 Å². The van der Waals surface area contributed by atoms with Gasteiger partial charge in [-0.15, -0.1) is 0 Å². The lowest BCUT2D eigenvalue weighted by Crippen LogP contribution is -2.39. The molecule has 4 aromatic rings. The van der Waals surface area contributed by atoms with Crippen LogP contribution in [0.5, 0.6) is 5.88 Å². The summed E-state index contributed by atoms with van der Waals surface area (Å²) in [6.45, 7) is 6.50. The molecule has 3 heterocycles. The predicted molar refractivity (Wildman–Crippen MR) is 125 cm³/mol. The van der Waals surface area contributed by atoms with E-state index in [2.05, 4.69) is 16.0 Å². The van der Waals surface area contributed by atoms with Crippen LogP contribution in [0.4, 0.5) is 0 Å². The van der Waals surface area contributed by atoms with Crippen LogP contribution in [0.2, 0.25) is 0 Å². The SMILES string of the molecule is Cc1cc(C)c(-n2c(O)c([C@H]3c4[nH]c5ccccc5c4CCN3C)c(=O)[nH]c2=O)c(C)c1. The number of likely N-dealkylation sites (N-methyl/N-ethyl adjacent to an activating group) is 1. The minimum atomic E-state index is -0.651. The number of H-pyrrole nitrogens is 2. The molecule has 5 rings (SSSR count). The van der Waals surface area contributed by atoms with Gasteiger partial charge in [0, 0.05) is 23.1 Å². The van der Waals surface area contributed by atoms with Crippen LogP contribution in [0.15, 0.2) is 46.0 Å². The topological polar surface area (TPSA) is 94.1 Å². The van der Waals surface area contributed by atoms with Gasteiger partial charge in [-0.05, 0) is 57.0 Å². The molecule has 2 aromatic carbocycles. The second-order valence-electron chi connectivity index (χ2n) is 8.78. The summed E-state index contributed by atoms with van der Waals surface area (Å²) in [5.41, 5.74) is 5.30. The lowest BCUT2D eigenvalue weighted by molar-refractivity contribution is 0.251. The first-order valence-corrected chi connectivity index (χ1v) is 10.7. The average Bonchev–Trinajstić information content (AvgIpc) is 3.09. The number of hydrogen-bond donors (Lipinski definition) is 3. The van der Waals surface area contributed by atoms with Crippen LogP contribution in [0.1, 0.15) is 39.6 Å². The van der Waals surface area contributed by atoms with Crippen LogP contribution in [-0.4, -0.2) is 38.1 Å². The van der Waals surface area contributed by atoms with E-state index in [1.54, 1.807) is 0 Å². The molecule has 0 radical (unpaired) electrons. The van der Waals surface area contributed by atoms with E-state index in [1.807, 2.05) is 63.1 Å². The maximum atomic E-state index is 13.1. The largest absolute Gasteiger partial charge is 0.494 e. The highest BCUT2D eigenvalue weighted by molar-refractivity contribution is 5.85. The molecule has 0 aliphatic carbocycles. The molecule has 1 aliphatic heterocycles. The first-order chi connectivity index (χ1) is 15.3. The third-order valence-corrected chi connectivity index (χ3v) is 6.53. The highest BCUT2D eigenvalue weighted by Gasteiger charge is 2.35. The van der Waals surface area contributed by atoms with Gasteiger partial charge in [0.2, 0.25) is 5.88 Å². The van der Waals surface area contributed by atoms with Gasteiger partial charge in [-0.25, -0.2) is 9.36 Å². The normalized spacial score (nSPS) is 16.4. The highest BCUT2D eigenvalue weighted by Crippen LogP contribution is 2.39. The van der Waals surface area contributed by atoms with E-state index in [-0.39, 0.29) is 11.4 Å². The molecule has 0 spiro atoms.